The van der Waals surface area contributed by atoms with Crippen LogP contribution in [0.25, 0.3) is 16.6 Å². The summed E-state index contributed by atoms with van der Waals surface area (Å²) in [5.41, 5.74) is -0.126. The third kappa shape index (κ3) is 8.16. The Kier molecular flexibility index (Phi) is 11.1. The summed E-state index contributed by atoms with van der Waals surface area (Å²) in [5, 5.41) is 3.04. The van der Waals surface area contributed by atoms with E-state index in [0.29, 0.717) is 60.1 Å². The normalized spacial score (nSPS) is 14.1. The molecule has 0 bridgehead atoms. The van der Waals surface area contributed by atoms with Crippen molar-refractivity contribution in [2.45, 2.75) is 20.3 Å². The topological polar surface area (TPSA) is 134 Å². The van der Waals surface area contributed by atoms with E-state index in [1.807, 2.05) is 4.90 Å². The van der Waals surface area contributed by atoms with Crippen LogP contribution in [-0.2, 0) is 4.79 Å². The SMILES string of the molecule is CCOc1ccn(-c2ccc(F)cc2)c(=O)c1C(=O)Nc1ccc(Oc2ccnc3cc(OCCCN4CCN(C(C)=O)CC4)c4c(c23)OCCO4)c(F)c1. The Bertz CT molecular complexity index is 2280. The molecule has 2 amide bonds. The van der Waals surface area contributed by atoms with Gasteiger partial charge in [-0.15, -0.1) is 0 Å². The van der Waals surface area contributed by atoms with Crippen LogP contribution in [0.4, 0.5) is 14.5 Å². The molecular formula is C40H39F2N5O8. The number of aromatic nitrogens is 2. The summed E-state index contributed by atoms with van der Waals surface area (Å²) in [6.07, 6.45) is 3.71. The average Bonchev–Trinajstić information content (AvgIpc) is 3.18. The number of piperazine rings is 1. The van der Waals surface area contributed by atoms with Gasteiger partial charge >= 0.3 is 0 Å². The minimum absolute atomic E-state index is 0.0390. The summed E-state index contributed by atoms with van der Waals surface area (Å²) in [6.45, 7) is 8.37. The molecule has 2 aliphatic rings. The molecule has 3 aromatic carbocycles. The fourth-order valence-electron chi connectivity index (χ4n) is 6.51. The van der Waals surface area contributed by atoms with Gasteiger partial charge in [-0.05, 0) is 61.9 Å². The summed E-state index contributed by atoms with van der Waals surface area (Å²) in [7, 11) is 0. The number of nitrogens with zero attached hydrogens (tertiary/aromatic N) is 4. The number of nitrogens with one attached hydrogen (secondary N) is 1. The first kappa shape index (κ1) is 37.1. The Morgan fingerprint density at radius 1 is 0.873 bits per heavy atom. The number of carbonyl (C=O) groups is 2. The molecule has 55 heavy (non-hydrogen) atoms. The largest absolute Gasteiger partial charge is 0.493 e. The Morgan fingerprint density at radius 2 is 1.64 bits per heavy atom. The monoisotopic (exact) mass is 755 g/mol. The third-order valence-electron chi connectivity index (χ3n) is 9.23. The molecule has 7 rings (SSSR count). The maximum absolute atomic E-state index is 15.6. The first-order valence-electron chi connectivity index (χ1n) is 17.9. The van der Waals surface area contributed by atoms with E-state index >= 15 is 4.39 Å². The lowest BCUT2D eigenvalue weighted by atomic mass is 10.1. The molecule has 1 saturated heterocycles. The highest BCUT2D eigenvalue weighted by Crippen LogP contribution is 2.48. The summed E-state index contributed by atoms with van der Waals surface area (Å²) in [4.78, 5) is 47.2. The molecule has 286 valence electrons. The molecule has 4 heterocycles. The molecule has 0 radical (unpaired) electrons. The number of halogens is 2. The van der Waals surface area contributed by atoms with Gasteiger partial charge in [0.25, 0.3) is 11.5 Å². The second-order valence-corrected chi connectivity index (χ2v) is 12.8. The molecule has 5 aromatic rings. The van der Waals surface area contributed by atoms with Crippen LogP contribution in [0.15, 0.2) is 77.9 Å². The van der Waals surface area contributed by atoms with Crippen molar-refractivity contribution in [1.82, 2.24) is 19.4 Å². The van der Waals surface area contributed by atoms with Gasteiger partial charge in [-0.25, -0.2) is 8.78 Å². The van der Waals surface area contributed by atoms with Gasteiger partial charge in [-0.3, -0.25) is 28.8 Å². The van der Waals surface area contributed by atoms with Gasteiger partial charge in [0.2, 0.25) is 11.7 Å². The Hall–Kier alpha value is -6.22. The summed E-state index contributed by atoms with van der Waals surface area (Å²) in [5.74, 6) is -0.619. The van der Waals surface area contributed by atoms with E-state index in [0.717, 1.165) is 32.1 Å². The first-order valence-corrected chi connectivity index (χ1v) is 17.9. The van der Waals surface area contributed by atoms with Gasteiger partial charge in [0.05, 0.1) is 24.1 Å². The van der Waals surface area contributed by atoms with Crippen molar-refractivity contribution >= 4 is 28.4 Å². The van der Waals surface area contributed by atoms with E-state index in [-0.39, 0.29) is 47.6 Å². The molecule has 0 spiro atoms. The molecule has 2 aliphatic heterocycles. The molecule has 1 N–H and O–H groups in total. The van der Waals surface area contributed by atoms with Crippen molar-refractivity contribution in [3.05, 3.63) is 101 Å². The maximum atomic E-state index is 15.6. The highest BCUT2D eigenvalue weighted by atomic mass is 19.1. The van der Waals surface area contributed by atoms with Crippen LogP contribution in [0.5, 0.6) is 34.5 Å². The second kappa shape index (κ2) is 16.4. The Balaban J connectivity index is 1.07. The maximum Gasteiger partial charge on any atom is 0.271 e. The zero-order valence-electron chi connectivity index (χ0n) is 30.3. The fraction of sp³-hybridized carbons (Fsp3) is 0.300. The number of hydrogen-bond acceptors (Lipinski definition) is 10. The van der Waals surface area contributed by atoms with Crippen molar-refractivity contribution in [3.63, 3.8) is 0 Å². The van der Waals surface area contributed by atoms with Gasteiger partial charge in [0, 0.05) is 75.5 Å². The van der Waals surface area contributed by atoms with Gasteiger partial charge in [-0.1, -0.05) is 0 Å². The quantitative estimate of drug-likeness (QED) is 0.156. The molecule has 15 heteroatoms. The van der Waals surface area contributed by atoms with Crippen LogP contribution >= 0.6 is 0 Å². The van der Waals surface area contributed by atoms with Crippen molar-refractivity contribution in [2.24, 2.45) is 0 Å². The van der Waals surface area contributed by atoms with E-state index in [2.05, 4.69) is 15.2 Å². The van der Waals surface area contributed by atoms with Crippen LogP contribution in [0.1, 0.15) is 30.6 Å². The highest BCUT2D eigenvalue weighted by Gasteiger charge is 2.26. The molecule has 13 nitrogen and oxygen atoms in total. The van der Waals surface area contributed by atoms with Crippen LogP contribution in [0.2, 0.25) is 0 Å². The number of carbonyl (C=O) groups excluding carboxylic acids is 2. The molecule has 0 atom stereocenters. The molecule has 2 aromatic heterocycles. The molecule has 0 unspecified atom stereocenters. The van der Waals surface area contributed by atoms with Gasteiger partial charge in [-0.2, -0.15) is 0 Å². The Labute approximate surface area is 314 Å². The Morgan fingerprint density at radius 3 is 2.36 bits per heavy atom. The van der Waals surface area contributed by atoms with Crippen molar-refractivity contribution in [3.8, 4) is 40.2 Å². The molecule has 0 saturated carbocycles. The van der Waals surface area contributed by atoms with E-state index in [1.54, 1.807) is 26.0 Å². The van der Waals surface area contributed by atoms with Gasteiger partial charge in [0.15, 0.2) is 23.1 Å². The number of rotatable bonds is 12. The minimum Gasteiger partial charge on any atom is -0.493 e. The predicted molar refractivity (Wildman–Crippen MR) is 199 cm³/mol. The van der Waals surface area contributed by atoms with Crippen LogP contribution in [-0.4, -0.2) is 90.3 Å². The molecule has 0 aliphatic carbocycles. The molecular weight excluding hydrogens is 716 g/mol. The zero-order chi connectivity index (χ0) is 38.5. The van der Waals surface area contributed by atoms with Crippen molar-refractivity contribution in [2.75, 3.05) is 64.5 Å². The number of ether oxygens (including phenoxy) is 5. The van der Waals surface area contributed by atoms with Crippen molar-refractivity contribution in [1.29, 1.82) is 0 Å². The fourth-order valence-corrected chi connectivity index (χ4v) is 6.51. The van der Waals surface area contributed by atoms with Crippen LogP contribution in [0, 0.1) is 11.6 Å². The first-order chi connectivity index (χ1) is 26.7. The highest BCUT2D eigenvalue weighted by molar-refractivity contribution is 6.06. The van der Waals surface area contributed by atoms with E-state index in [4.69, 9.17) is 23.7 Å². The predicted octanol–water partition coefficient (Wildman–Crippen LogP) is 5.81. The summed E-state index contributed by atoms with van der Waals surface area (Å²) in [6, 6.07) is 13.9. The van der Waals surface area contributed by atoms with Gasteiger partial charge in [0.1, 0.15) is 36.1 Å². The van der Waals surface area contributed by atoms with E-state index in [9.17, 15) is 18.8 Å². The summed E-state index contributed by atoms with van der Waals surface area (Å²) < 4.78 is 60.2. The lowest BCUT2D eigenvalue weighted by Gasteiger charge is -2.34. The lowest BCUT2D eigenvalue weighted by Crippen LogP contribution is -2.48. The smallest absolute Gasteiger partial charge is 0.271 e. The van der Waals surface area contributed by atoms with Crippen LogP contribution in [0.3, 0.4) is 0 Å². The number of anilines is 1. The standard InChI is InChI=1S/C40H39F2N5O8/c1-3-51-32-12-15-47(28-8-5-26(41)6-9-28)40(50)36(32)39(49)44-27-7-10-31(29(42)23-27)55-33-11-13-43-30-24-34(37-38(35(30)33)54-22-21-53-37)52-20-4-14-45-16-18-46(19-17-45)25(2)48/h5-13,15,23-24H,3-4,14,16-22H2,1-2H3,(H,44,49). The second-order valence-electron chi connectivity index (χ2n) is 12.8. The summed E-state index contributed by atoms with van der Waals surface area (Å²) >= 11 is 0. The van der Waals surface area contributed by atoms with Crippen LogP contribution < -0.4 is 34.6 Å². The number of hydrogen-bond donors (Lipinski definition) is 1. The number of fused-ring (bicyclic) bond motifs is 3. The number of benzene rings is 3. The zero-order valence-corrected chi connectivity index (χ0v) is 30.3. The minimum atomic E-state index is -0.826. The third-order valence-corrected chi connectivity index (χ3v) is 9.23. The van der Waals surface area contributed by atoms with E-state index < -0.39 is 23.1 Å². The lowest BCUT2D eigenvalue weighted by molar-refractivity contribution is -0.130. The van der Waals surface area contributed by atoms with Gasteiger partial charge < -0.3 is 33.9 Å². The van der Waals surface area contributed by atoms with Crippen molar-refractivity contribution < 1.29 is 42.1 Å². The number of amides is 2. The average molecular weight is 756 g/mol. The number of pyridine rings is 2. The van der Waals surface area contributed by atoms with E-state index in [1.165, 1.54) is 59.4 Å². The molecule has 1 fully saturated rings.